The second kappa shape index (κ2) is 6.35. The average molecular weight is 257 g/mol. The third-order valence-corrected chi connectivity index (χ3v) is 3.50. The molecule has 1 aromatic rings. The zero-order valence-corrected chi connectivity index (χ0v) is 11.3. The second-order valence-corrected chi connectivity index (χ2v) is 4.95. The topological polar surface area (TPSA) is 47.3 Å². The average Bonchev–Trinajstić information content (AvgIpc) is 2.65. The van der Waals surface area contributed by atoms with Gasteiger partial charge in [0.1, 0.15) is 0 Å². The van der Waals surface area contributed by atoms with Crippen molar-refractivity contribution < 1.29 is 4.79 Å². The van der Waals surface area contributed by atoms with Crippen molar-refractivity contribution in [3.63, 3.8) is 0 Å². The molecule has 1 aromatic carbocycles. The van der Waals surface area contributed by atoms with E-state index >= 15 is 0 Å². The Balaban J connectivity index is 1.96. The maximum Gasteiger partial charge on any atom is 0.219 e. The van der Waals surface area contributed by atoms with Crippen LogP contribution in [0, 0.1) is 11.3 Å². The summed E-state index contributed by atoms with van der Waals surface area (Å²) in [6.07, 6.45) is 1.01. The van der Waals surface area contributed by atoms with Gasteiger partial charge in [-0.3, -0.25) is 9.69 Å². The van der Waals surface area contributed by atoms with Gasteiger partial charge in [0.2, 0.25) is 5.91 Å². The van der Waals surface area contributed by atoms with E-state index in [9.17, 15) is 4.79 Å². The molecule has 100 valence electrons. The lowest BCUT2D eigenvalue weighted by Gasteiger charge is -2.21. The van der Waals surface area contributed by atoms with Crippen LogP contribution in [-0.4, -0.2) is 41.9 Å². The van der Waals surface area contributed by atoms with E-state index in [1.807, 2.05) is 23.1 Å². The highest BCUT2D eigenvalue weighted by Crippen LogP contribution is 2.10. The van der Waals surface area contributed by atoms with Crippen LogP contribution in [0.25, 0.3) is 0 Å². The Morgan fingerprint density at radius 3 is 2.89 bits per heavy atom. The van der Waals surface area contributed by atoms with Crippen LogP contribution in [0.5, 0.6) is 0 Å². The minimum absolute atomic E-state index is 0.160. The van der Waals surface area contributed by atoms with Crippen LogP contribution in [0.4, 0.5) is 0 Å². The first-order valence-corrected chi connectivity index (χ1v) is 6.66. The zero-order chi connectivity index (χ0) is 13.7. The number of hydrogen-bond donors (Lipinski definition) is 0. The molecule has 2 rings (SSSR count). The van der Waals surface area contributed by atoms with Gasteiger partial charge in [0.25, 0.3) is 0 Å². The van der Waals surface area contributed by atoms with E-state index in [0.29, 0.717) is 5.56 Å². The molecule has 0 spiro atoms. The molecule has 0 unspecified atom stereocenters. The summed E-state index contributed by atoms with van der Waals surface area (Å²) in [6, 6.07) is 9.90. The largest absolute Gasteiger partial charge is 0.342 e. The molecule has 1 fully saturated rings. The predicted octanol–water partition coefficient (Wildman–Crippen LogP) is 1.61. The molecule has 0 atom stereocenters. The molecule has 0 bridgehead atoms. The Morgan fingerprint density at radius 1 is 1.32 bits per heavy atom. The van der Waals surface area contributed by atoms with Crippen LogP contribution < -0.4 is 0 Å². The highest BCUT2D eigenvalue weighted by atomic mass is 16.2. The summed E-state index contributed by atoms with van der Waals surface area (Å²) >= 11 is 0. The lowest BCUT2D eigenvalue weighted by molar-refractivity contribution is -0.128. The highest BCUT2D eigenvalue weighted by molar-refractivity contribution is 5.73. The molecule has 19 heavy (non-hydrogen) atoms. The molecule has 1 heterocycles. The SMILES string of the molecule is CC(=O)N1CCCN(Cc2cccc(C#N)c2)CC1. The summed E-state index contributed by atoms with van der Waals surface area (Å²) in [6.45, 7) is 6.03. The highest BCUT2D eigenvalue weighted by Gasteiger charge is 2.16. The maximum absolute atomic E-state index is 11.4. The van der Waals surface area contributed by atoms with Crippen LogP contribution in [0.2, 0.25) is 0 Å². The number of carbonyl (C=O) groups is 1. The van der Waals surface area contributed by atoms with Crippen LogP contribution in [0.15, 0.2) is 24.3 Å². The van der Waals surface area contributed by atoms with Crippen molar-refractivity contribution in [2.45, 2.75) is 19.9 Å². The Hall–Kier alpha value is -1.86. The van der Waals surface area contributed by atoms with E-state index in [-0.39, 0.29) is 5.91 Å². The number of nitrogens with zero attached hydrogens (tertiary/aromatic N) is 3. The van der Waals surface area contributed by atoms with Gasteiger partial charge in [-0.2, -0.15) is 5.26 Å². The summed E-state index contributed by atoms with van der Waals surface area (Å²) in [5.41, 5.74) is 1.87. The minimum Gasteiger partial charge on any atom is -0.342 e. The van der Waals surface area contributed by atoms with Crippen molar-refractivity contribution in [2.24, 2.45) is 0 Å². The number of amides is 1. The van der Waals surface area contributed by atoms with Gasteiger partial charge in [0.15, 0.2) is 0 Å². The fraction of sp³-hybridized carbons (Fsp3) is 0.467. The van der Waals surface area contributed by atoms with E-state index in [0.717, 1.165) is 44.7 Å². The fourth-order valence-corrected chi connectivity index (χ4v) is 2.44. The number of benzene rings is 1. The molecule has 0 radical (unpaired) electrons. The first kappa shape index (κ1) is 13.6. The van der Waals surface area contributed by atoms with Crippen LogP contribution in [-0.2, 0) is 11.3 Å². The molecule has 1 aliphatic heterocycles. The lowest BCUT2D eigenvalue weighted by atomic mass is 10.1. The normalized spacial score (nSPS) is 16.7. The third-order valence-electron chi connectivity index (χ3n) is 3.50. The molecular weight excluding hydrogens is 238 g/mol. The first-order valence-electron chi connectivity index (χ1n) is 6.66. The molecule has 0 N–H and O–H groups in total. The van der Waals surface area contributed by atoms with Crippen molar-refractivity contribution in [3.05, 3.63) is 35.4 Å². The molecule has 0 aromatic heterocycles. The summed E-state index contributed by atoms with van der Waals surface area (Å²) in [4.78, 5) is 15.6. The molecule has 0 saturated carbocycles. The number of carbonyl (C=O) groups excluding carboxylic acids is 1. The monoisotopic (exact) mass is 257 g/mol. The predicted molar refractivity (Wildman–Crippen MR) is 73.3 cm³/mol. The van der Waals surface area contributed by atoms with E-state index in [4.69, 9.17) is 5.26 Å². The van der Waals surface area contributed by atoms with E-state index in [1.165, 1.54) is 0 Å². The summed E-state index contributed by atoms with van der Waals surface area (Å²) in [7, 11) is 0. The van der Waals surface area contributed by atoms with Crippen molar-refractivity contribution in [2.75, 3.05) is 26.2 Å². The van der Waals surface area contributed by atoms with Crippen LogP contribution >= 0.6 is 0 Å². The number of rotatable bonds is 2. The molecular formula is C15H19N3O. The Kier molecular flexibility index (Phi) is 4.53. The fourth-order valence-electron chi connectivity index (χ4n) is 2.44. The second-order valence-electron chi connectivity index (χ2n) is 4.95. The smallest absolute Gasteiger partial charge is 0.219 e. The summed E-state index contributed by atoms with van der Waals surface area (Å²) < 4.78 is 0. The van der Waals surface area contributed by atoms with Crippen molar-refractivity contribution >= 4 is 5.91 Å². The molecule has 1 saturated heterocycles. The van der Waals surface area contributed by atoms with E-state index in [2.05, 4.69) is 17.0 Å². The molecule has 0 aliphatic carbocycles. The summed E-state index contributed by atoms with van der Waals surface area (Å²) in [5, 5.41) is 8.90. The Bertz CT molecular complexity index is 492. The number of hydrogen-bond acceptors (Lipinski definition) is 3. The molecule has 1 amide bonds. The Labute approximate surface area is 114 Å². The molecule has 1 aliphatic rings. The van der Waals surface area contributed by atoms with Gasteiger partial charge in [-0.15, -0.1) is 0 Å². The zero-order valence-electron chi connectivity index (χ0n) is 11.3. The van der Waals surface area contributed by atoms with E-state index < -0.39 is 0 Å². The third kappa shape index (κ3) is 3.80. The lowest BCUT2D eigenvalue weighted by Crippen LogP contribution is -2.33. The van der Waals surface area contributed by atoms with Gasteiger partial charge in [-0.1, -0.05) is 12.1 Å². The van der Waals surface area contributed by atoms with Gasteiger partial charge < -0.3 is 4.90 Å². The van der Waals surface area contributed by atoms with Crippen LogP contribution in [0.1, 0.15) is 24.5 Å². The maximum atomic E-state index is 11.4. The van der Waals surface area contributed by atoms with Gasteiger partial charge in [-0.05, 0) is 24.1 Å². The van der Waals surface area contributed by atoms with Gasteiger partial charge in [0, 0.05) is 39.6 Å². The Morgan fingerprint density at radius 2 is 2.16 bits per heavy atom. The van der Waals surface area contributed by atoms with Gasteiger partial charge in [-0.25, -0.2) is 0 Å². The standard InChI is InChI=1S/C15H19N3O/c1-13(19)18-7-3-6-17(8-9-18)12-15-5-2-4-14(10-15)11-16/h2,4-5,10H,3,6-9,12H2,1H3. The van der Waals surface area contributed by atoms with Crippen molar-refractivity contribution in [1.29, 1.82) is 5.26 Å². The van der Waals surface area contributed by atoms with Gasteiger partial charge >= 0.3 is 0 Å². The van der Waals surface area contributed by atoms with Crippen molar-refractivity contribution in [3.8, 4) is 6.07 Å². The first-order chi connectivity index (χ1) is 9.19. The number of nitriles is 1. The molecule has 4 nitrogen and oxygen atoms in total. The quantitative estimate of drug-likeness (QED) is 0.808. The minimum atomic E-state index is 0.160. The summed E-state index contributed by atoms with van der Waals surface area (Å²) in [5.74, 6) is 0.160. The van der Waals surface area contributed by atoms with Crippen LogP contribution in [0.3, 0.4) is 0 Å². The molecule has 4 heteroatoms. The van der Waals surface area contributed by atoms with Gasteiger partial charge in [0.05, 0.1) is 11.6 Å². The van der Waals surface area contributed by atoms with Crippen molar-refractivity contribution in [1.82, 2.24) is 9.80 Å². The van der Waals surface area contributed by atoms with E-state index in [1.54, 1.807) is 6.92 Å².